The molecule has 0 saturated heterocycles. The lowest BCUT2D eigenvalue weighted by atomic mass is 10.1. The molecule has 0 amide bonds. The quantitative estimate of drug-likeness (QED) is 0.628. The summed E-state index contributed by atoms with van der Waals surface area (Å²) in [4.78, 5) is 27.7. The van der Waals surface area contributed by atoms with E-state index < -0.39 is 0 Å². The van der Waals surface area contributed by atoms with Gasteiger partial charge in [-0.25, -0.2) is 4.98 Å². The first-order valence-electron chi connectivity index (χ1n) is 5.37. The summed E-state index contributed by atoms with van der Waals surface area (Å²) in [5.74, 6) is -0.275. The summed E-state index contributed by atoms with van der Waals surface area (Å²) in [6.07, 6.45) is 2.99. The van der Waals surface area contributed by atoms with Crippen molar-refractivity contribution >= 4 is 23.2 Å². The Morgan fingerprint density at radius 2 is 2.11 bits per heavy atom. The van der Waals surface area contributed by atoms with Crippen LogP contribution in [0.1, 0.15) is 27.4 Å². The number of carbonyl (C=O) groups is 2. The van der Waals surface area contributed by atoms with Crippen LogP contribution in [-0.4, -0.2) is 21.1 Å². The number of aromatic nitrogens is 2. The summed E-state index contributed by atoms with van der Waals surface area (Å²) >= 11 is 5.80. The van der Waals surface area contributed by atoms with Gasteiger partial charge in [-0.3, -0.25) is 9.59 Å². The third-order valence-corrected chi connectivity index (χ3v) is 2.77. The number of hydrogen-bond acceptors (Lipinski definition) is 3. The Hall–Kier alpha value is -1.94. The third-order valence-electron chi connectivity index (χ3n) is 2.54. The van der Waals surface area contributed by atoms with Gasteiger partial charge in [0.2, 0.25) is 5.78 Å². The van der Waals surface area contributed by atoms with Gasteiger partial charge < -0.3 is 4.57 Å². The Morgan fingerprint density at radius 3 is 2.72 bits per heavy atom. The molecule has 1 aromatic heterocycles. The maximum absolute atomic E-state index is 11.9. The highest BCUT2D eigenvalue weighted by Gasteiger charge is 2.16. The van der Waals surface area contributed by atoms with E-state index in [9.17, 15) is 9.59 Å². The minimum atomic E-state index is -0.299. The van der Waals surface area contributed by atoms with Crippen molar-refractivity contribution in [3.05, 3.63) is 53.1 Å². The van der Waals surface area contributed by atoms with Gasteiger partial charge in [0.1, 0.15) is 0 Å². The summed E-state index contributed by atoms with van der Waals surface area (Å²) in [6.45, 7) is 0. The Bertz CT molecular complexity index is 605. The molecule has 0 radical (unpaired) electrons. The molecule has 0 fully saturated rings. The van der Waals surface area contributed by atoms with Crippen LogP contribution in [0.4, 0.5) is 0 Å². The molecule has 1 heterocycles. The maximum atomic E-state index is 11.9. The van der Waals surface area contributed by atoms with Crippen LogP contribution >= 0.6 is 11.6 Å². The number of aryl methyl sites for hydroxylation is 1. The van der Waals surface area contributed by atoms with Gasteiger partial charge in [0, 0.05) is 30.0 Å². The van der Waals surface area contributed by atoms with Crippen molar-refractivity contribution in [1.29, 1.82) is 0 Å². The summed E-state index contributed by atoms with van der Waals surface area (Å²) < 4.78 is 1.59. The number of hydrogen-bond donors (Lipinski definition) is 0. The van der Waals surface area contributed by atoms with E-state index in [-0.39, 0.29) is 23.8 Å². The van der Waals surface area contributed by atoms with Crippen molar-refractivity contribution in [2.75, 3.05) is 0 Å². The second-order valence-corrected chi connectivity index (χ2v) is 4.33. The van der Waals surface area contributed by atoms with E-state index in [0.29, 0.717) is 10.6 Å². The highest BCUT2D eigenvalue weighted by molar-refractivity contribution is 6.31. The molecule has 2 aromatic rings. The molecule has 0 spiro atoms. The Kier molecular flexibility index (Phi) is 3.58. The smallest absolute Gasteiger partial charge is 0.205 e. The average molecular weight is 263 g/mol. The standard InChI is InChI=1S/C13H11ClN2O2/c1-16-6-5-15-13(16)12(18)8-11(17)9-3-2-4-10(14)7-9/h2-7H,8H2,1H3. The lowest BCUT2D eigenvalue weighted by Gasteiger charge is -2.02. The zero-order valence-electron chi connectivity index (χ0n) is 9.76. The predicted molar refractivity (Wildman–Crippen MR) is 67.9 cm³/mol. The Morgan fingerprint density at radius 1 is 1.33 bits per heavy atom. The topological polar surface area (TPSA) is 52.0 Å². The molecule has 0 aliphatic heterocycles. The van der Waals surface area contributed by atoms with Crippen LogP contribution in [-0.2, 0) is 7.05 Å². The zero-order valence-corrected chi connectivity index (χ0v) is 10.5. The number of rotatable bonds is 4. The molecule has 18 heavy (non-hydrogen) atoms. The second-order valence-electron chi connectivity index (χ2n) is 3.90. The van der Waals surface area contributed by atoms with Gasteiger partial charge in [0.25, 0.3) is 0 Å². The third kappa shape index (κ3) is 2.65. The number of ketones is 2. The van der Waals surface area contributed by atoms with Crippen molar-refractivity contribution in [2.24, 2.45) is 7.05 Å². The van der Waals surface area contributed by atoms with Crippen molar-refractivity contribution in [2.45, 2.75) is 6.42 Å². The fourth-order valence-corrected chi connectivity index (χ4v) is 1.81. The highest BCUT2D eigenvalue weighted by atomic mass is 35.5. The van der Waals surface area contributed by atoms with E-state index >= 15 is 0 Å². The van der Waals surface area contributed by atoms with Crippen molar-refractivity contribution in [3.8, 4) is 0 Å². The molecule has 2 rings (SSSR count). The molecular weight excluding hydrogens is 252 g/mol. The van der Waals surface area contributed by atoms with E-state index in [2.05, 4.69) is 4.98 Å². The lowest BCUT2D eigenvalue weighted by Crippen LogP contribution is -2.12. The van der Waals surface area contributed by atoms with Gasteiger partial charge in [0.05, 0.1) is 6.42 Å². The van der Waals surface area contributed by atoms with Gasteiger partial charge in [0.15, 0.2) is 11.6 Å². The van der Waals surface area contributed by atoms with Crippen LogP contribution in [0.5, 0.6) is 0 Å². The molecule has 0 bridgehead atoms. The maximum Gasteiger partial charge on any atom is 0.205 e. The van der Waals surface area contributed by atoms with Gasteiger partial charge in [-0.1, -0.05) is 23.7 Å². The zero-order chi connectivity index (χ0) is 13.1. The average Bonchev–Trinajstić information content (AvgIpc) is 2.75. The fourth-order valence-electron chi connectivity index (χ4n) is 1.62. The molecule has 0 N–H and O–H groups in total. The molecule has 0 aliphatic carbocycles. The van der Waals surface area contributed by atoms with Crippen LogP contribution in [0.25, 0.3) is 0 Å². The van der Waals surface area contributed by atoms with Gasteiger partial charge in [-0.2, -0.15) is 0 Å². The number of Topliss-reactive ketones (excluding diaryl/α,β-unsaturated/α-hetero) is 2. The molecule has 0 unspecified atom stereocenters. The normalized spacial score (nSPS) is 10.3. The summed E-state index contributed by atoms with van der Waals surface area (Å²) in [6, 6.07) is 6.55. The minimum absolute atomic E-state index is 0.203. The fraction of sp³-hybridized carbons (Fsp3) is 0.154. The van der Waals surface area contributed by atoms with E-state index in [0.717, 1.165) is 0 Å². The van der Waals surface area contributed by atoms with Crippen molar-refractivity contribution in [3.63, 3.8) is 0 Å². The molecule has 0 aliphatic rings. The summed E-state index contributed by atoms with van der Waals surface area (Å²) in [5, 5.41) is 0.477. The molecule has 5 heteroatoms. The van der Waals surface area contributed by atoms with Crippen LogP contribution in [0.3, 0.4) is 0 Å². The molecule has 4 nitrogen and oxygen atoms in total. The SMILES string of the molecule is Cn1ccnc1C(=O)CC(=O)c1cccc(Cl)c1. The number of nitrogens with zero attached hydrogens (tertiary/aromatic N) is 2. The van der Waals surface area contributed by atoms with E-state index in [1.54, 1.807) is 42.1 Å². The van der Waals surface area contributed by atoms with Gasteiger partial charge in [-0.15, -0.1) is 0 Å². The molecule has 92 valence electrons. The summed E-state index contributed by atoms with van der Waals surface area (Å²) in [5.41, 5.74) is 0.435. The monoisotopic (exact) mass is 262 g/mol. The Balaban J connectivity index is 2.13. The number of carbonyl (C=O) groups excluding carboxylic acids is 2. The van der Waals surface area contributed by atoms with E-state index in [1.807, 2.05) is 0 Å². The highest BCUT2D eigenvalue weighted by Crippen LogP contribution is 2.13. The minimum Gasteiger partial charge on any atom is -0.332 e. The van der Waals surface area contributed by atoms with E-state index in [1.165, 1.54) is 6.20 Å². The van der Waals surface area contributed by atoms with Gasteiger partial charge in [-0.05, 0) is 12.1 Å². The number of imidazole rings is 1. The first-order chi connectivity index (χ1) is 8.58. The van der Waals surface area contributed by atoms with Crippen molar-refractivity contribution < 1.29 is 9.59 Å². The lowest BCUT2D eigenvalue weighted by molar-refractivity contribution is 0.0886. The first kappa shape index (κ1) is 12.5. The molecule has 1 aromatic carbocycles. The van der Waals surface area contributed by atoms with Crippen molar-refractivity contribution in [1.82, 2.24) is 9.55 Å². The van der Waals surface area contributed by atoms with Gasteiger partial charge >= 0.3 is 0 Å². The molecule has 0 atom stereocenters. The molecule has 0 saturated carbocycles. The predicted octanol–water partition coefficient (Wildman–Crippen LogP) is 2.53. The second kappa shape index (κ2) is 5.14. The Labute approximate surface area is 109 Å². The van der Waals surface area contributed by atoms with Crippen LogP contribution in [0.2, 0.25) is 5.02 Å². The first-order valence-corrected chi connectivity index (χ1v) is 5.75. The van der Waals surface area contributed by atoms with E-state index in [4.69, 9.17) is 11.6 Å². The van der Waals surface area contributed by atoms with Crippen LogP contribution in [0.15, 0.2) is 36.7 Å². The summed E-state index contributed by atoms with van der Waals surface area (Å²) in [7, 11) is 1.71. The van der Waals surface area contributed by atoms with Crippen LogP contribution < -0.4 is 0 Å². The number of benzene rings is 1. The largest absolute Gasteiger partial charge is 0.332 e. The van der Waals surface area contributed by atoms with Crippen LogP contribution in [0, 0.1) is 0 Å². The molecular formula is C13H11ClN2O2. The number of halogens is 1.